The van der Waals surface area contributed by atoms with E-state index in [4.69, 9.17) is 0 Å². The van der Waals surface area contributed by atoms with Crippen molar-refractivity contribution < 1.29 is 15.0 Å². The summed E-state index contributed by atoms with van der Waals surface area (Å²) in [6.07, 6.45) is 12.9. The summed E-state index contributed by atoms with van der Waals surface area (Å²) in [6.45, 7) is 3.97. The van der Waals surface area contributed by atoms with Gasteiger partial charge in [-0.1, -0.05) is 56.4 Å². The first kappa shape index (κ1) is 22.7. The number of aliphatic hydroxyl groups excluding tert-OH is 1. The van der Waals surface area contributed by atoms with Crippen LogP contribution in [0, 0.1) is 11.8 Å². The lowest BCUT2D eigenvalue weighted by atomic mass is 9.76. The Balaban J connectivity index is 1.80. The Bertz CT molecular complexity index is 601. The summed E-state index contributed by atoms with van der Waals surface area (Å²) in [5.74, 6) is 0.0991. The van der Waals surface area contributed by atoms with Crippen LogP contribution in [-0.4, -0.2) is 48.3 Å². The number of hydrogen-bond donors (Lipinski definition) is 3. The van der Waals surface area contributed by atoms with Crippen LogP contribution in [0.5, 0.6) is 0 Å². The molecule has 1 aliphatic rings. The van der Waals surface area contributed by atoms with Gasteiger partial charge in [-0.05, 0) is 32.6 Å². The van der Waals surface area contributed by atoms with Crippen molar-refractivity contribution >= 4 is 5.78 Å². The summed E-state index contributed by atoms with van der Waals surface area (Å²) >= 11 is 0. The summed E-state index contributed by atoms with van der Waals surface area (Å²) in [4.78, 5) is 12.4. The number of allylic oxidation sites excluding steroid dienone is 2. The monoisotopic (exact) mass is 392 g/mol. The Morgan fingerprint density at radius 3 is 2.71 bits per heavy atom. The van der Waals surface area contributed by atoms with Crippen LogP contribution in [0.2, 0.25) is 0 Å². The molecule has 1 aromatic rings. The fourth-order valence-corrected chi connectivity index (χ4v) is 4.36. The molecule has 1 unspecified atom stereocenters. The van der Waals surface area contributed by atoms with Gasteiger partial charge in [-0.2, -0.15) is 5.21 Å². The van der Waals surface area contributed by atoms with E-state index >= 15 is 0 Å². The van der Waals surface area contributed by atoms with Crippen molar-refractivity contribution in [1.29, 1.82) is 0 Å². The molecule has 158 valence electrons. The van der Waals surface area contributed by atoms with Crippen molar-refractivity contribution in [2.75, 3.05) is 0 Å². The number of unbranched alkanes of at least 4 members (excludes halogenated alkanes) is 5. The third kappa shape index (κ3) is 6.78. The lowest BCUT2D eigenvalue weighted by Crippen LogP contribution is -2.42. The molecular weight excluding hydrogens is 356 g/mol. The molecule has 1 aromatic heterocycles. The van der Waals surface area contributed by atoms with Crippen molar-refractivity contribution in [2.45, 2.75) is 96.2 Å². The predicted octanol–water partition coefficient (Wildman–Crippen LogP) is 3.15. The topological polar surface area (TPSA) is 112 Å². The highest BCUT2D eigenvalue weighted by atomic mass is 16.3. The number of aromatic nitrogens is 4. The van der Waals surface area contributed by atoms with Gasteiger partial charge < -0.3 is 10.2 Å². The van der Waals surface area contributed by atoms with Gasteiger partial charge >= 0.3 is 0 Å². The zero-order valence-electron chi connectivity index (χ0n) is 17.3. The van der Waals surface area contributed by atoms with Gasteiger partial charge in [0, 0.05) is 24.7 Å². The first-order valence-electron chi connectivity index (χ1n) is 10.8. The molecule has 0 spiro atoms. The number of carbonyl (C=O) groups excluding carboxylic acids is 1. The van der Waals surface area contributed by atoms with Gasteiger partial charge in [0.2, 0.25) is 0 Å². The SMILES string of the molecule is CCCCCCCC(C)(O)[C@H]1[C@H](C/C=C\CCCc2nn[nH]n2)C(=O)C[C@@H]1O. The molecule has 0 bridgehead atoms. The number of aliphatic hydroxyl groups is 2. The number of aryl methyl sites for hydroxylation is 1. The van der Waals surface area contributed by atoms with Crippen LogP contribution in [0.1, 0.15) is 83.9 Å². The molecule has 7 heteroatoms. The molecule has 0 saturated heterocycles. The smallest absolute Gasteiger partial charge is 0.174 e. The van der Waals surface area contributed by atoms with Crippen LogP contribution in [0.3, 0.4) is 0 Å². The van der Waals surface area contributed by atoms with Crippen LogP contribution >= 0.6 is 0 Å². The van der Waals surface area contributed by atoms with E-state index in [1.165, 1.54) is 19.3 Å². The van der Waals surface area contributed by atoms with Crippen LogP contribution in [0.4, 0.5) is 0 Å². The van der Waals surface area contributed by atoms with Crippen LogP contribution < -0.4 is 0 Å². The minimum absolute atomic E-state index is 0.0696. The highest BCUT2D eigenvalue weighted by molar-refractivity contribution is 5.84. The highest BCUT2D eigenvalue weighted by Gasteiger charge is 2.49. The minimum atomic E-state index is -1.01. The Morgan fingerprint density at radius 2 is 2.00 bits per heavy atom. The van der Waals surface area contributed by atoms with E-state index in [1.807, 2.05) is 6.08 Å². The van der Waals surface area contributed by atoms with E-state index in [2.05, 4.69) is 33.6 Å². The second kappa shape index (κ2) is 11.4. The molecule has 1 heterocycles. The van der Waals surface area contributed by atoms with E-state index in [1.54, 1.807) is 6.92 Å². The number of tetrazole rings is 1. The zero-order chi connectivity index (χ0) is 20.4. The number of rotatable bonds is 13. The van der Waals surface area contributed by atoms with Gasteiger partial charge in [0.1, 0.15) is 5.78 Å². The number of hydrogen-bond acceptors (Lipinski definition) is 6. The largest absolute Gasteiger partial charge is 0.392 e. The average molecular weight is 393 g/mol. The third-order valence-corrected chi connectivity index (χ3v) is 5.89. The fourth-order valence-electron chi connectivity index (χ4n) is 4.36. The summed E-state index contributed by atoms with van der Waals surface area (Å²) in [7, 11) is 0. The van der Waals surface area contributed by atoms with E-state index in [-0.39, 0.29) is 24.0 Å². The Morgan fingerprint density at radius 1 is 1.21 bits per heavy atom. The molecule has 2 rings (SSSR count). The normalized spacial score (nSPS) is 24.9. The Labute approximate surface area is 168 Å². The molecule has 3 N–H and O–H groups in total. The quantitative estimate of drug-likeness (QED) is 0.351. The molecule has 7 nitrogen and oxygen atoms in total. The van der Waals surface area contributed by atoms with Crippen molar-refractivity contribution in [2.24, 2.45) is 11.8 Å². The summed E-state index contributed by atoms with van der Waals surface area (Å²) in [5.41, 5.74) is -1.01. The van der Waals surface area contributed by atoms with Gasteiger partial charge in [-0.15, -0.1) is 10.2 Å². The second-order valence-corrected chi connectivity index (χ2v) is 8.32. The van der Waals surface area contributed by atoms with Crippen LogP contribution in [0.15, 0.2) is 12.2 Å². The maximum absolute atomic E-state index is 12.4. The molecule has 1 saturated carbocycles. The minimum Gasteiger partial charge on any atom is -0.392 e. The van der Waals surface area contributed by atoms with Crippen molar-refractivity contribution in [3.63, 3.8) is 0 Å². The number of ketones is 1. The Kier molecular flexibility index (Phi) is 9.25. The van der Waals surface area contributed by atoms with E-state index in [0.29, 0.717) is 18.7 Å². The molecular formula is C21H36N4O3. The van der Waals surface area contributed by atoms with Gasteiger partial charge in [-0.25, -0.2) is 0 Å². The molecule has 28 heavy (non-hydrogen) atoms. The predicted molar refractivity (Wildman–Crippen MR) is 107 cm³/mol. The number of Topliss-reactive ketones (excluding diaryl/α,β-unsaturated/α-hetero) is 1. The number of H-pyrrole nitrogens is 1. The molecule has 1 fully saturated rings. The zero-order valence-corrected chi connectivity index (χ0v) is 17.3. The van der Waals surface area contributed by atoms with Crippen molar-refractivity contribution in [1.82, 2.24) is 20.6 Å². The van der Waals surface area contributed by atoms with E-state index in [9.17, 15) is 15.0 Å². The lowest BCUT2D eigenvalue weighted by Gasteiger charge is -2.35. The first-order chi connectivity index (χ1) is 13.5. The molecule has 1 aliphatic carbocycles. The molecule has 0 amide bonds. The molecule has 4 atom stereocenters. The lowest BCUT2D eigenvalue weighted by molar-refractivity contribution is -0.123. The van der Waals surface area contributed by atoms with E-state index in [0.717, 1.165) is 32.1 Å². The van der Waals surface area contributed by atoms with E-state index < -0.39 is 11.7 Å². The summed E-state index contributed by atoms with van der Waals surface area (Å²) in [5, 5.41) is 35.3. The standard InChI is InChI=1S/C21H36N4O3/c1-3-4-5-8-11-14-21(2,28)20-16(17(26)15-18(20)27)12-9-6-7-10-13-19-22-24-25-23-19/h6,9,16,18,20,27-28H,3-5,7-8,10-15H2,1-2H3,(H,22,23,24,25)/b9-6-/t16-,18+,20+,21?/m1/s1. The average Bonchev–Trinajstić information content (AvgIpc) is 3.25. The number of carbonyl (C=O) groups is 1. The summed E-state index contributed by atoms with van der Waals surface area (Å²) in [6, 6.07) is 0. The third-order valence-electron chi connectivity index (χ3n) is 5.89. The number of aromatic amines is 1. The maximum Gasteiger partial charge on any atom is 0.174 e. The van der Waals surface area contributed by atoms with Crippen LogP contribution in [0.25, 0.3) is 0 Å². The second-order valence-electron chi connectivity index (χ2n) is 8.32. The maximum atomic E-state index is 12.4. The van der Waals surface area contributed by atoms with Crippen molar-refractivity contribution in [3.8, 4) is 0 Å². The summed E-state index contributed by atoms with van der Waals surface area (Å²) < 4.78 is 0. The molecule has 0 aromatic carbocycles. The molecule has 0 aliphatic heterocycles. The van der Waals surface area contributed by atoms with Crippen LogP contribution in [-0.2, 0) is 11.2 Å². The van der Waals surface area contributed by atoms with Crippen molar-refractivity contribution in [3.05, 3.63) is 18.0 Å². The Hall–Kier alpha value is -1.60. The molecule has 0 radical (unpaired) electrons. The highest BCUT2D eigenvalue weighted by Crippen LogP contribution is 2.41. The van der Waals surface area contributed by atoms with Gasteiger partial charge in [0.05, 0.1) is 11.7 Å². The number of nitrogens with one attached hydrogen (secondary N) is 1. The van der Waals surface area contributed by atoms with Gasteiger partial charge in [0.25, 0.3) is 0 Å². The number of nitrogens with zero attached hydrogens (tertiary/aromatic N) is 3. The van der Waals surface area contributed by atoms with Gasteiger partial charge in [0.15, 0.2) is 5.82 Å². The van der Waals surface area contributed by atoms with Gasteiger partial charge in [-0.3, -0.25) is 4.79 Å². The fraction of sp³-hybridized carbons (Fsp3) is 0.810. The first-order valence-corrected chi connectivity index (χ1v) is 10.8.